The van der Waals surface area contributed by atoms with Gasteiger partial charge in [0.05, 0.1) is 5.54 Å². The summed E-state index contributed by atoms with van der Waals surface area (Å²) in [6.07, 6.45) is 2.16. The molecule has 0 spiro atoms. The maximum absolute atomic E-state index is 12.0. The van der Waals surface area contributed by atoms with Gasteiger partial charge in [0.2, 0.25) is 0 Å². The van der Waals surface area contributed by atoms with Crippen LogP contribution in [0.25, 0.3) is 0 Å². The van der Waals surface area contributed by atoms with E-state index in [1.165, 1.54) is 0 Å². The summed E-state index contributed by atoms with van der Waals surface area (Å²) < 4.78 is 0. The third-order valence-electron chi connectivity index (χ3n) is 2.97. The van der Waals surface area contributed by atoms with Crippen LogP contribution in [0, 0.1) is 13.8 Å². The molecule has 0 aromatic heterocycles. The maximum Gasteiger partial charge on any atom is 0.251 e. The van der Waals surface area contributed by atoms with Crippen molar-refractivity contribution in [3.05, 3.63) is 34.9 Å². The number of hydrogen-bond donors (Lipinski definition) is 1. The molecule has 0 unspecified atom stereocenters. The Hall–Kier alpha value is -0.830. The fourth-order valence-corrected chi connectivity index (χ4v) is 2.56. The number of benzene rings is 1. The molecule has 1 saturated carbocycles. The molecule has 2 rings (SSSR count). The number of carbonyl (C=O) groups is 1. The molecule has 3 heteroatoms. The summed E-state index contributed by atoms with van der Waals surface area (Å²) in [5.74, 6) is 0.0451. The van der Waals surface area contributed by atoms with Crippen molar-refractivity contribution in [2.24, 2.45) is 0 Å². The van der Waals surface area contributed by atoms with E-state index in [1.807, 2.05) is 26.0 Å². The van der Waals surface area contributed by atoms with Gasteiger partial charge in [0.1, 0.15) is 0 Å². The van der Waals surface area contributed by atoms with E-state index < -0.39 is 0 Å². The van der Waals surface area contributed by atoms with Gasteiger partial charge >= 0.3 is 0 Å². The van der Waals surface area contributed by atoms with E-state index in [9.17, 15) is 4.79 Å². The van der Waals surface area contributed by atoms with Gasteiger partial charge in [-0.2, -0.15) is 0 Å². The molecule has 1 aromatic rings. The number of hydrogen-bond acceptors (Lipinski definition) is 1. The summed E-state index contributed by atoms with van der Waals surface area (Å²) in [6.45, 7) is 4.03. The second kappa shape index (κ2) is 4.21. The molecule has 0 bridgehead atoms. The van der Waals surface area contributed by atoms with Gasteiger partial charge in [-0.25, -0.2) is 0 Å². The average Bonchev–Trinajstić information content (AvgIpc) is 2.97. The van der Waals surface area contributed by atoms with Crippen LogP contribution in [0.2, 0.25) is 0 Å². The highest BCUT2D eigenvalue weighted by Gasteiger charge is 2.42. The molecule has 0 saturated heterocycles. The van der Waals surface area contributed by atoms with Crippen molar-refractivity contribution in [3.63, 3.8) is 0 Å². The van der Waals surface area contributed by atoms with Crippen LogP contribution in [0.3, 0.4) is 0 Å². The molecule has 1 aromatic carbocycles. The lowest BCUT2D eigenvalue weighted by atomic mass is 10.1. The van der Waals surface area contributed by atoms with Crippen molar-refractivity contribution in [2.75, 3.05) is 5.33 Å². The number of alkyl halides is 1. The molecule has 0 heterocycles. The molecule has 1 fully saturated rings. The Balaban J connectivity index is 2.14. The first-order valence-electron chi connectivity index (χ1n) is 5.51. The van der Waals surface area contributed by atoms with Crippen LogP contribution in [-0.2, 0) is 0 Å². The Bertz CT molecular complexity index is 404. The second-order valence-corrected chi connectivity index (χ2v) is 5.31. The molecule has 1 N–H and O–H groups in total. The SMILES string of the molecule is Cc1cc(C)cc(C(=O)NC2(CBr)CC2)c1. The topological polar surface area (TPSA) is 29.1 Å². The summed E-state index contributed by atoms with van der Waals surface area (Å²) in [5, 5.41) is 3.95. The summed E-state index contributed by atoms with van der Waals surface area (Å²) in [4.78, 5) is 12.0. The molecule has 0 radical (unpaired) electrons. The molecular formula is C13H16BrNO. The Morgan fingerprint density at radius 3 is 2.31 bits per heavy atom. The lowest BCUT2D eigenvalue weighted by Gasteiger charge is -2.14. The van der Waals surface area contributed by atoms with Crippen molar-refractivity contribution in [2.45, 2.75) is 32.2 Å². The van der Waals surface area contributed by atoms with Crippen LogP contribution in [0.1, 0.15) is 34.3 Å². The van der Waals surface area contributed by atoms with Crippen molar-refractivity contribution in [1.29, 1.82) is 0 Å². The van der Waals surface area contributed by atoms with Crippen LogP contribution in [0.15, 0.2) is 18.2 Å². The first-order valence-corrected chi connectivity index (χ1v) is 6.64. The summed E-state index contributed by atoms with van der Waals surface area (Å²) in [5.41, 5.74) is 3.06. The lowest BCUT2D eigenvalue weighted by molar-refractivity contribution is 0.0936. The average molecular weight is 282 g/mol. The van der Waals surface area contributed by atoms with Crippen molar-refractivity contribution in [3.8, 4) is 0 Å². The van der Waals surface area contributed by atoms with Crippen LogP contribution < -0.4 is 5.32 Å². The summed E-state index contributed by atoms with van der Waals surface area (Å²) in [6, 6.07) is 5.95. The second-order valence-electron chi connectivity index (χ2n) is 4.74. The molecule has 0 aliphatic heterocycles. The monoisotopic (exact) mass is 281 g/mol. The Labute approximate surface area is 105 Å². The van der Waals surface area contributed by atoms with E-state index in [0.29, 0.717) is 0 Å². The molecule has 2 nitrogen and oxygen atoms in total. The molecule has 0 atom stereocenters. The van der Waals surface area contributed by atoms with Crippen molar-refractivity contribution >= 4 is 21.8 Å². The van der Waals surface area contributed by atoms with E-state index in [0.717, 1.165) is 34.9 Å². The standard InChI is InChI=1S/C13H16BrNO/c1-9-5-10(2)7-11(6-9)12(16)15-13(8-14)3-4-13/h5-7H,3-4,8H2,1-2H3,(H,15,16). The van der Waals surface area contributed by atoms with Gasteiger partial charge in [-0.05, 0) is 38.8 Å². The number of amides is 1. The van der Waals surface area contributed by atoms with E-state index in [4.69, 9.17) is 0 Å². The Morgan fingerprint density at radius 2 is 1.88 bits per heavy atom. The smallest absolute Gasteiger partial charge is 0.251 e. The van der Waals surface area contributed by atoms with Crippen molar-refractivity contribution in [1.82, 2.24) is 5.32 Å². The summed E-state index contributed by atoms with van der Waals surface area (Å²) >= 11 is 3.45. The van der Waals surface area contributed by atoms with Gasteiger partial charge in [-0.3, -0.25) is 4.79 Å². The fraction of sp³-hybridized carbons (Fsp3) is 0.462. The molecule has 1 amide bonds. The number of aryl methyl sites for hydroxylation is 2. The first-order chi connectivity index (χ1) is 7.54. The van der Waals surface area contributed by atoms with Crippen LogP contribution in [0.5, 0.6) is 0 Å². The zero-order chi connectivity index (χ0) is 11.8. The predicted octanol–water partition coefficient (Wildman–Crippen LogP) is 2.96. The maximum atomic E-state index is 12.0. The molecule has 1 aliphatic rings. The van der Waals surface area contributed by atoms with E-state index in [2.05, 4.69) is 27.3 Å². The molecule has 86 valence electrons. The van der Waals surface area contributed by atoms with E-state index in [1.54, 1.807) is 0 Å². The quantitative estimate of drug-likeness (QED) is 0.848. The predicted molar refractivity (Wildman–Crippen MR) is 69.1 cm³/mol. The van der Waals surface area contributed by atoms with E-state index >= 15 is 0 Å². The summed E-state index contributed by atoms with van der Waals surface area (Å²) in [7, 11) is 0. The van der Waals surface area contributed by atoms with Crippen LogP contribution >= 0.6 is 15.9 Å². The number of rotatable bonds is 3. The number of halogens is 1. The van der Waals surface area contributed by atoms with Gasteiger partial charge in [0.15, 0.2) is 0 Å². The van der Waals surface area contributed by atoms with Crippen molar-refractivity contribution < 1.29 is 4.79 Å². The number of carbonyl (C=O) groups excluding carboxylic acids is 1. The van der Waals surface area contributed by atoms with Gasteiger partial charge in [0.25, 0.3) is 5.91 Å². The highest BCUT2D eigenvalue weighted by molar-refractivity contribution is 9.09. The third-order valence-corrected chi connectivity index (χ3v) is 4.05. The lowest BCUT2D eigenvalue weighted by Crippen LogP contribution is -2.38. The molecule has 16 heavy (non-hydrogen) atoms. The minimum atomic E-state index is 0.0226. The Kier molecular flexibility index (Phi) is 3.06. The largest absolute Gasteiger partial charge is 0.346 e. The zero-order valence-electron chi connectivity index (χ0n) is 9.64. The zero-order valence-corrected chi connectivity index (χ0v) is 11.2. The van der Waals surface area contributed by atoms with Gasteiger partial charge in [-0.15, -0.1) is 0 Å². The van der Waals surface area contributed by atoms with E-state index in [-0.39, 0.29) is 11.4 Å². The highest BCUT2D eigenvalue weighted by Crippen LogP contribution is 2.37. The minimum Gasteiger partial charge on any atom is -0.346 e. The molecule has 1 aliphatic carbocycles. The highest BCUT2D eigenvalue weighted by atomic mass is 79.9. The van der Waals surface area contributed by atoms with Crippen LogP contribution in [0.4, 0.5) is 0 Å². The van der Waals surface area contributed by atoms with Gasteiger partial charge < -0.3 is 5.32 Å². The first kappa shape index (κ1) is 11.6. The Morgan fingerprint density at radius 1 is 1.31 bits per heavy atom. The van der Waals surface area contributed by atoms with Crippen LogP contribution in [-0.4, -0.2) is 16.8 Å². The third kappa shape index (κ3) is 2.46. The fourth-order valence-electron chi connectivity index (χ4n) is 1.86. The van der Waals surface area contributed by atoms with Gasteiger partial charge in [0, 0.05) is 10.9 Å². The normalized spacial score (nSPS) is 16.9. The molecular weight excluding hydrogens is 266 g/mol. The minimum absolute atomic E-state index is 0.0226. The number of nitrogens with one attached hydrogen (secondary N) is 1. The van der Waals surface area contributed by atoms with Gasteiger partial charge in [-0.1, -0.05) is 33.1 Å².